The third-order valence-corrected chi connectivity index (χ3v) is 7.17. The van der Waals surface area contributed by atoms with Crippen molar-refractivity contribution in [3.8, 4) is 0 Å². The molecule has 5 rings (SSSR count). The van der Waals surface area contributed by atoms with Gasteiger partial charge < -0.3 is 19.4 Å². The van der Waals surface area contributed by atoms with Crippen molar-refractivity contribution in [1.82, 2.24) is 10.2 Å². The zero-order valence-corrected chi connectivity index (χ0v) is 21.6. The van der Waals surface area contributed by atoms with E-state index < -0.39 is 12.0 Å². The number of amides is 1. The maximum absolute atomic E-state index is 13.5. The minimum Gasteiger partial charge on any atom is -0.467 e. The molecular weight excluding hydrogens is 510 g/mol. The zero-order valence-electron chi connectivity index (χ0n) is 20.0. The van der Waals surface area contributed by atoms with Gasteiger partial charge in [0.15, 0.2) is 5.17 Å². The molecule has 0 saturated carbocycles. The van der Waals surface area contributed by atoms with Crippen LogP contribution in [0.5, 0.6) is 0 Å². The first-order valence-corrected chi connectivity index (χ1v) is 13.1. The summed E-state index contributed by atoms with van der Waals surface area (Å²) in [5, 5.41) is 5.94. The largest absolute Gasteiger partial charge is 0.467 e. The van der Waals surface area contributed by atoms with Gasteiger partial charge in [-0.1, -0.05) is 71.9 Å². The number of furan rings is 1. The second kappa shape index (κ2) is 11.1. The van der Waals surface area contributed by atoms with Gasteiger partial charge in [-0.15, -0.1) is 0 Å². The lowest BCUT2D eigenvalue weighted by Crippen LogP contribution is -2.38. The molecule has 188 valence electrons. The quantitative estimate of drug-likeness (QED) is 0.362. The minimum absolute atomic E-state index is 0.0878. The average Bonchev–Trinajstić information content (AvgIpc) is 3.58. The summed E-state index contributed by atoms with van der Waals surface area (Å²) in [5.74, 6) is 0.00264. The molecule has 3 heterocycles. The number of nitrogens with one attached hydrogen (secondary N) is 1. The van der Waals surface area contributed by atoms with E-state index in [1.54, 1.807) is 31.4 Å². The van der Waals surface area contributed by atoms with Crippen molar-refractivity contribution >= 4 is 46.1 Å². The molecule has 3 aromatic rings. The van der Waals surface area contributed by atoms with Crippen LogP contribution in [-0.4, -0.2) is 28.6 Å². The van der Waals surface area contributed by atoms with Crippen LogP contribution in [0.15, 0.2) is 99.1 Å². The number of halogens is 1. The Kier molecular flexibility index (Phi) is 7.48. The summed E-state index contributed by atoms with van der Waals surface area (Å²) in [6.45, 7) is 2.26. The van der Waals surface area contributed by atoms with E-state index in [1.807, 2.05) is 58.8 Å². The van der Waals surface area contributed by atoms with Gasteiger partial charge in [0.2, 0.25) is 5.91 Å². The van der Waals surface area contributed by atoms with E-state index in [4.69, 9.17) is 25.7 Å². The van der Waals surface area contributed by atoms with Gasteiger partial charge in [0.05, 0.1) is 43.1 Å². The molecule has 2 aliphatic heterocycles. The molecule has 0 fully saturated rings. The first-order chi connectivity index (χ1) is 18.1. The number of nitrogens with zero attached hydrogens (tertiary/aromatic N) is 2. The molecule has 9 heteroatoms. The molecule has 0 unspecified atom stereocenters. The Morgan fingerprint density at radius 2 is 1.89 bits per heavy atom. The Bertz CT molecular complexity index is 1400. The van der Waals surface area contributed by atoms with Gasteiger partial charge in [0.25, 0.3) is 0 Å². The Labute approximate surface area is 223 Å². The van der Waals surface area contributed by atoms with E-state index in [1.165, 1.54) is 11.8 Å². The lowest BCUT2D eigenvalue weighted by Gasteiger charge is -2.37. The highest BCUT2D eigenvalue weighted by Crippen LogP contribution is 2.48. The molecule has 2 aliphatic rings. The summed E-state index contributed by atoms with van der Waals surface area (Å²) in [6.07, 6.45) is 1.65. The van der Waals surface area contributed by atoms with E-state index in [0.717, 1.165) is 11.1 Å². The summed E-state index contributed by atoms with van der Waals surface area (Å²) in [7, 11) is 0. The average molecular weight is 534 g/mol. The Balaban J connectivity index is 1.56. The van der Waals surface area contributed by atoms with Crippen molar-refractivity contribution < 1.29 is 18.7 Å². The molecule has 2 aromatic carbocycles. The Morgan fingerprint density at radius 1 is 1.11 bits per heavy atom. The number of amidine groups is 1. The van der Waals surface area contributed by atoms with E-state index in [-0.39, 0.29) is 25.5 Å². The molecule has 0 saturated heterocycles. The summed E-state index contributed by atoms with van der Waals surface area (Å²) in [4.78, 5) is 33.2. The van der Waals surface area contributed by atoms with Gasteiger partial charge in [-0.3, -0.25) is 4.79 Å². The molecular formula is C28H24ClN3O4S. The Morgan fingerprint density at radius 3 is 2.62 bits per heavy atom. The van der Waals surface area contributed by atoms with Crippen LogP contribution in [0.1, 0.15) is 36.3 Å². The van der Waals surface area contributed by atoms with Crippen LogP contribution in [-0.2, 0) is 20.9 Å². The fraction of sp³-hybridized carbons (Fsp3) is 0.179. The topological polar surface area (TPSA) is 84.1 Å². The van der Waals surface area contributed by atoms with Crippen LogP contribution < -0.4 is 5.32 Å². The van der Waals surface area contributed by atoms with Crippen molar-refractivity contribution in [2.75, 3.05) is 6.61 Å². The maximum Gasteiger partial charge on any atom is 0.338 e. The van der Waals surface area contributed by atoms with E-state index in [0.29, 0.717) is 32.9 Å². The number of rotatable bonds is 8. The van der Waals surface area contributed by atoms with Crippen molar-refractivity contribution in [3.63, 3.8) is 0 Å². The highest BCUT2D eigenvalue weighted by Gasteiger charge is 2.43. The fourth-order valence-electron chi connectivity index (χ4n) is 4.31. The van der Waals surface area contributed by atoms with Crippen LogP contribution in [0, 0.1) is 0 Å². The van der Waals surface area contributed by atoms with Gasteiger partial charge in [-0.25, -0.2) is 9.79 Å². The number of carbonyl (C=O) groups excluding carboxylic acids is 2. The second-order valence-electron chi connectivity index (χ2n) is 8.30. The smallest absolute Gasteiger partial charge is 0.338 e. The van der Waals surface area contributed by atoms with E-state index in [2.05, 4.69) is 5.32 Å². The Hall–Kier alpha value is -3.75. The van der Waals surface area contributed by atoms with Gasteiger partial charge in [-0.05, 0) is 36.1 Å². The predicted octanol–water partition coefficient (Wildman–Crippen LogP) is 5.91. The van der Waals surface area contributed by atoms with Crippen molar-refractivity contribution in [2.45, 2.75) is 25.9 Å². The normalized spacial score (nSPS) is 16.7. The standard InChI is InChI=1S/C28H24ClN3O4S/c1-2-35-27(34)24-25(18-9-4-3-5-10-18)31-28-32(26(24)21-12-6-7-13-22(21)29)19(17-37-28)15-23(33)30-16-20-11-8-14-36-20/h3-14,17,26H,2,15-16H2,1H3,(H,30,33)/t26-/m1/s1. The summed E-state index contributed by atoms with van der Waals surface area (Å²) < 4.78 is 10.8. The molecule has 0 spiro atoms. The van der Waals surface area contributed by atoms with Crippen molar-refractivity contribution in [1.29, 1.82) is 0 Å². The van der Waals surface area contributed by atoms with Crippen LogP contribution in [0.4, 0.5) is 0 Å². The number of esters is 1. The SMILES string of the molecule is CCOC(=O)C1=C(c2ccccc2)N=C2SC=C(CC(=O)NCc3ccco3)N2[C@@H]1c1ccccc1Cl. The highest BCUT2D eigenvalue weighted by atomic mass is 35.5. The molecule has 1 aromatic heterocycles. The molecule has 0 aliphatic carbocycles. The van der Waals surface area contributed by atoms with Crippen LogP contribution >= 0.6 is 23.4 Å². The van der Waals surface area contributed by atoms with Gasteiger partial charge in [0, 0.05) is 16.3 Å². The van der Waals surface area contributed by atoms with Crippen molar-refractivity contribution in [2.24, 2.45) is 4.99 Å². The highest BCUT2D eigenvalue weighted by molar-refractivity contribution is 8.16. The molecule has 0 radical (unpaired) electrons. The van der Waals surface area contributed by atoms with Crippen LogP contribution in [0.25, 0.3) is 5.70 Å². The molecule has 37 heavy (non-hydrogen) atoms. The maximum atomic E-state index is 13.5. The van der Waals surface area contributed by atoms with Gasteiger partial charge >= 0.3 is 5.97 Å². The summed E-state index contributed by atoms with van der Waals surface area (Å²) in [5.41, 5.74) is 3.12. The summed E-state index contributed by atoms with van der Waals surface area (Å²) >= 11 is 8.10. The second-order valence-corrected chi connectivity index (χ2v) is 9.54. The number of benzene rings is 2. The first-order valence-electron chi connectivity index (χ1n) is 11.8. The van der Waals surface area contributed by atoms with Crippen LogP contribution in [0.2, 0.25) is 5.02 Å². The number of carbonyl (C=O) groups is 2. The number of hydrogen-bond donors (Lipinski definition) is 1. The number of aliphatic imine (C=N–C) groups is 1. The number of ether oxygens (including phenoxy) is 1. The molecule has 7 nitrogen and oxygen atoms in total. The lowest BCUT2D eigenvalue weighted by atomic mass is 9.91. The van der Waals surface area contributed by atoms with Gasteiger partial charge in [0.1, 0.15) is 5.76 Å². The molecule has 0 bridgehead atoms. The van der Waals surface area contributed by atoms with Crippen molar-refractivity contribution in [3.05, 3.63) is 112 Å². The fourth-order valence-corrected chi connectivity index (χ4v) is 5.46. The minimum atomic E-state index is -0.630. The third kappa shape index (κ3) is 5.21. The third-order valence-electron chi connectivity index (χ3n) is 5.93. The van der Waals surface area contributed by atoms with Crippen LogP contribution in [0.3, 0.4) is 0 Å². The summed E-state index contributed by atoms with van der Waals surface area (Å²) in [6, 6.07) is 19.9. The van der Waals surface area contributed by atoms with Gasteiger partial charge in [-0.2, -0.15) is 0 Å². The first kappa shape index (κ1) is 24.9. The monoisotopic (exact) mass is 533 g/mol. The molecule has 1 amide bonds. The molecule has 1 atom stereocenters. The van der Waals surface area contributed by atoms with E-state index >= 15 is 0 Å². The van der Waals surface area contributed by atoms with E-state index in [9.17, 15) is 9.59 Å². The number of hydrogen-bond acceptors (Lipinski definition) is 7. The number of thioether (sulfide) groups is 1. The number of fused-ring (bicyclic) bond motifs is 1. The molecule has 1 N–H and O–H groups in total. The zero-order chi connectivity index (χ0) is 25.8. The lowest BCUT2D eigenvalue weighted by molar-refractivity contribution is -0.139. The predicted molar refractivity (Wildman–Crippen MR) is 144 cm³/mol.